The fourth-order valence-corrected chi connectivity index (χ4v) is 2.72. The van der Waals surface area contributed by atoms with Crippen LogP contribution in [0.15, 0.2) is 0 Å². The van der Waals surface area contributed by atoms with Crippen LogP contribution in [-0.4, -0.2) is 42.4 Å². The molecule has 0 aromatic rings. The molecule has 1 saturated carbocycles. The molecule has 2 amide bonds. The lowest BCUT2D eigenvalue weighted by Gasteiger charge is -2.41. The zero-order chi connectivity index (χ0) is 13.7. The van der Waals surface area contributed by atoms with Gasteiger partial charge in [0.25, 0.3) is 0 Å². The molecule has 0 bridgehead atoms. The van der Waals surface area contributed by atoms with Gasteiger partial charge in [-0.05, 0) is 38.0 Å². The molecular weight excluding hydrogens is 248 g/mol. The lowest BCUT2D eigenvalue weighted by molar-refractivity contribution is -0.139. The SMILES string of the molecule is O=C(O)CC1(NC(=O)NCCC2CCOC2)CCC1. The molecular formula is C13H22N2O4. The Labute approximate surface area is 112 Å². The van der Waals surface area contributed by atoms with Crippen LogP contribution in [0.3, 0.4) is 0 Å². The monoisotopic (exact) mass is 270 g/mol. The Hall–Kier alpha value is -1.30. The van der Waals surface area contributed by atoms with Crippen molar-refractivity contribution in [3.05, 3.63) is 0 Å². The molecule has 1 atom stereocenters. The maximum atomic E-state index is 11.8. The van der Waals surface area contributed by atoms with Crippen LogP contribution in [0.1, 0.15) is 38.5 Å². The van der Waals surface area contributed by atoms with Gasteiger partial charge < -0.3 is 20.5 Å². The van der Waals surface area contributed by atoms with Crippen LogP contribution in [0.25, 0.3) is 0 Å². The molecule has 2 rings (SSSR count). The molecule has 0 spiro atoms. The van der Waals surface area contributed by atoms with Crippen molar-refractivity contribution in [3.63, 3.8) is 0 Å². The molecule has 1 heterocycles. The summed E-state index contributed by atoms with van der Waals surface area (Å²) in [5.41, 5.74) is -0.521. The quantitative estimate of drug-likeness (QED) is 0.674. The molecule has 1 unspecified atom stereocenters. The Bertz CT molecular complexity index is 336. The summed E-state index contributed by atoms with van der Waals surface area (Å²) < 4.78 is 5.27. The second kappa shape index (κ2) is 6.23. The standard InChI is InChI=1S/C13H22N2O4/c16-11(17)8-13(4-1-5-13)15-12(18)14-6-2-10-3-7-19-9-10/h10H,1-9H2,(H,16,17)(H2,14,15,18). The zero-order valence-electron chi connectivity index (χ0n) is 11.1. The summed E-state index contributed by atoms with van der Waals surface area (Å²) in [5.74, 6) is -0.319. The summed E-state index contributed by atoms with van der Waals surface area (Å²) in [6, 6.07) is -0.250. The smallest absolute Gasteiger partial charge is 0.315 e. The molecule has 19 heavy (non-hydrogen) atoms. The fourth-order valence-electron chi connectivity index (χ4n) is 2.72. The van der Waals surface area contributed by atoms with Crippen LogP contribution < -0.4 is 10.6 Å². The van der Waals surface area contributed by atoms with Crippen molar-refractivity contribution in [2.24, 2.45) is 5.92 Å². The van der Waals surface area contributed by atoms with Gasteiger partial charge in [0.2, 0.25) is 0 Å². The third kappa shape index (κ3) is 4.09. The Kier molecular flexibility index (Phi) is 4.63. The van der Waals surface area contributed by atoms with Gasteiger partial charge in [0.15, 0.2) is 0 Å². The Morgan fingerprint density at radius 2 is 2.16 bits per heavy atom. The van der Waals surface area contributed by atoms with Crippen molar-refractivity contribution in [2.45, 2.75) is 44.1 Å². The first kappa shape index (κ1) is 14.1. The van der Waals surface area contributed by atoms with Gasteiger partial charge >= 0.3 is 12.0 Å². The van der Waals surface area contributed by atoms with Crippen LogP contribution in [0.5, 0.6) is 0 Å². The van der Waals surface area contributed by atoms with E-state index in [1.54, 1.807) is 0 Å². The zero-order valence-corrected chi connectivity index (χ0v) is 11.1. The van der Waals surface area contributed by atoms with Gasteiger partial charge in [-0.1, -0.05) is 0 Å². The minimum absolute atomic E-state index is 0.0108. The first-order valence-electron chi connectivity index (χ1n) is 6.95. The minimum atomic E-state index is -0.858. The molecule has 0 radical (unpaired) electrons. The Balaban J connectivity index is 1.66. The number of hydrogen-bond donors (Lipinski definition) is 3. The molecule has 0 aromatic carbocycles. The number of urea groups is 1. The van der Waals surface area contributed by atoms with Crippen LogP contribution in [0.2, 0.25) is 0 Å². The van der Waals surface area contributed by atoms with E-state index in [-0.39, 0.29) is 12.5 Å². The third-order valence-electron chi connectivity index (χ3n) is 4.04. The van der Waals surface area contributed by atoms with Gasteiger partial charge in [-0.3, -0.25) is 4.79 Å². The molecule has 108 valence electrons. The summed E-state index contributed by atoms with van der Waals surface area (Å²) in [7, 11) is 0. The van der Waals surface area contributed by atoms with Gasteiger partial charge in [0.1, 0.15) is 0 Å². The van der Waals surface area contributed by atoms with E-state index in [0.29, 0.717) is 12.5 Å². The molecule has 0 aromatic heterocycles. The normalized spacial score (nSPS) is 24.5. The van der Waals surface area contributed by atoms with E-state index < -0.39 is 11.5 Å². The van der Waals surface area contributed by atoms with Crippen molar-refractivity contribution in [3.8, 4) is 0 Å². The predicted octanol–water partition coefficient (Wildman–Crippen LogP) is 1.11. The predicted molar refractivity (Wildman–Crippen MR) is 68.9 cm³/mol. The van der Waals surface area contributed by atoms with E-state index in [0.717, 1.165) is 45.3 Å². The molecule has 1 aliphatic heterocycles. The van der Waals surface area contributed by atoms with Gasteiger partial charge in [-0.25, -0.2) is 4.79 Å². The van der Waals surface area contributed by atoms with E-state index in [1.165, 1.54) is 0 Å². The lowest BCUT2D eigenvalue weighted by atomic mass is 9.74. The average Bonchev–Trinajstić information content (AvgIpc) is 2.78. The second-order valence-corrected chi connectivity index (χ2v) is 5.60. The fraction of sp³-hybridized carbons (Fsp3) is 0.846. The first-order valence-corrected chi connectivity index (χ1v) is 6.95. The minimum Gasteiger partial charge on any atom is -0.481 e. The molecule has 2 aliphatic rings. The molecule has 6 heteroatoms. The molecule has 3 N–H and O–H groups in total. The molecule has 1 saturated heterocycles. The molecule has 6 nitrogen and oxygen atoms in total. The highest BCUT2D eigenvalue weighted by atomic mass is 16.5. The number of nitrogens with one attached hydrogen (secondary N) is 2. The topological polar surface area (TPSA) is 87.7 Å². The average molecular weight is 270 g/mol. The van der Waals surface area contributed by atoms with Crippen LogP contribution in [0, 0.1) is 5.92 Å². The maximum absolute atomic E-state index is 11.8. The summed E-state index contributed by atoms with van der Waals surface area (Å²) in [6.07, 6.45) is 4.47. The van der Waals surface area contributed by atoms with E-state index in [9.17, 15) is 9.59 Å². The lowest BCUT2D eigenvalue weighted by Crippen LogP contribution is -2.57. The largest absolute Gasteiger partial charge is 0.481 e. The van der Waals surface area contributed by atoms with Gasteiger partial charge in [-0.2, -0.15) is 0 Å². The van der Waals surface area contributed by atoms with Gasteiger partial charge in [0.05, 0.1) is 12.0 Å². The first-order chi connectivity index (χ1) is 9.10. The number of carbonyl (C=O) groups is 2. The highest BCUT2D eigenvalue weighted by Gasteiger charge is 2.40. The number of carboxylic acid groups (broad SMARTS) is 1. The van der Waals surface area contributed by atoms with Gasteiger partial charge in [0, 0.05) is 19.8 Å². The number of rotatable bonds is 6. The number of ether oxygens (including phenoxy) is 1. The van der Waals surface area contributed by atoms with Crippen molar-refractivity contribution in [2.75, 3.05) is 19.8 Å². The summed E-state index contributed by atoms with van der Waals surface area (Å²) in [6.45, 7) is 2.22. The van der Waals surface area contributed by atoms with Crippen LogP contribution in [0.4, 0.5) is 4.79 Å². The van der Waals surface area contributed by atoms with Crippen molar-refractivity contribution >= 4 is 12.0 Å². The number of carboxylic acids is 1. The Morgan fingerprint density at radius 3 is 2.68 bits per heavy atom. The summed E-state index contributed by atoms with van der Waals surface area (Å²) >= 11 is 0. The number of amides is 2. The van der Waals surface area contributed by atoms with E-state index >= 15 is 0 Å². The molecule has 2 fully saturated rings. The second-order valence-electron chi connectivity index (χ2n) is 5.60. The number of hydrogen-bond acceptors (Lipinski definition) is 3. The van der Waals surface area contributed by atoms with Crippen molar-refractivity contribution in [1.29, 1.82) is 0 Å². The van der Waals surface area contributed by atoms with E-state index in [1.807, 2.05) is 0 Å². The van der Waals surface area contributed by atoms with Crippen molar-refractivity contribution in [1.82, 2.24) is 10.6 Å². The highest BCUT2D eigenvalue weighted by Crippen LogP contribution is 2.34. The number of aliphatic carboxylic acids is 1. The third-order valence-corrected chi connectivity index (χ3v) is 4.04. The van der Waals surface area contributed by atoms with E-state index in [4.69, 9.17) is 9.84 Å². The summed E-state index contributed by atoms with van der Waals surface area (Å²) in [5, 5.41) is 14.5. The van der Waals surface area contributed by atoms with Gasteiger partial charge in [-0.15, -0.1) is 0 Å². The molecule has 1 aliphatic carbocycles. The highest BCUT2D eigenvalue weighted by molar-refractivity contribution is 5.77. The maximum Gasteiger partial charge on any atom is 0.315 e. The van der Waals surface area contributed by atoms with E-state index in [2.05, 4.69) is 10.6 Å². The summed E-state index contributed by atoms with van der Waals surface area (Å²) in [4.78, 5) is 22.6. The Morgan fingerprint density at radius 1 is 1.37 bits per heavy atom. The number of carbonyl (C=O) groups excluding carboxylic acids is 1. The van der Waals surface area contributed by atoms with Crippen LogP contribution in [-0.2, 0) is 9.53 Å². The van der Waals surface area contributed by atoms with Crippen LogP contribution >= 0.6 is 0 Å². The van der Waals surface area contributed by atoms with Crippen molar-refractivity contribution < 1.29 is 19.4 Å².